The van der Waals surface area contributed by atoms with E-state index in [-0.39, 0.29) is 20.8 Å². The number of rotatable bonds is 2. The van der Waals surface area contributed by atoms with Crippen molar-refractivity contribution in [1.29, 1.82) is 0 Å². The summed E-state index contributed by atoms with van der Waals surface area (Å²) < 4.78 is 0. The van der Waals surface area contributed by atoms with Crippen molar-refractivity contribution >= 4 is 5.91 Å². The molecule has 0 aromatic carbocycles. The maximum atomic E-state index is 10.4. The van der Waals surface area contributed by atoms with Crippen LogP contribution in [0.1, 0.15) is 28.7 Å². The maximum Gasteiger partial charge on any atom is 0.248 e. The fourth-order valence-corrected chi connectivity index (χ4v) is 0.322. The molecule has 0 saturated heterocycles. The molecule has 0 spiro atoms. The van der Waals surface area contributed by atoms with Gasteiger partial charge in [0.05, 0.1) is 0 Å². The number of aliphatic hydroxyl groups excluding tert-OH is 1. The Morgan fingerprint density at radius 2 is 2.00 bits per heavy atom. The molecule has 0 aliphatic heterocycles. The molecule has 2 N–H and O–H groups in total. The lowest BCUT2D eigenvalue weighted by Crippen LogP contribution is -2.31. The molecule has 64 valence electrons. The summed E-state index contributed by atoms with van der Waals surface area (Å²) >= 11 is 0. The minimum absolute atomic E-state index is 0. The fourth-order valence-electron chi connectivity index (χ4n) is 0.322. The van der Waals surface area contributed by atoms with E-state index >= 15 is 0 Å². The fraction of sp³-hybridized carbons (Fsp3) is 0.857. The van der Waals surface area contributed by atoms with Crippen molar-refractivity contribution in [1.82, 2.24) is 5.32 Å². The lowest BCUT2D eigenvalue weighted by atomic mass is 10.4. The van der Waals surface area contributed by atoms with Crippen LogP contribution in [0.5, 0.6) is 0 Å². The van der Waals surface area contributed by atoms with E-state index in [1.54, 1.807) is 6.92 Å². The normalized spacial score (nSPS) is 10.3. The number of likely N-dealkylation sites (N-methyl/N-ethyl adjacent to an activating group) is 1. The average Bonchev–Trinajstić information content (AvgIpc) is 1.67. The Morgan fingerprint density at radius 3 is 2.10 bits per heavy atom. The topological polar surface area (TPSA) is 49.3 Å². The zero-order chi connectivity index (χ0) is 6.57. The van der Waals surface area contributed by atoms with Crippen LogP contribution in [0.2, 0.25) is 0 Å². The summed E-state index contributed by atoms with van der Waals surface area (Å²) in [6.07, 6.45) is -0.880. The summed E-state index contributed by atoms with van der Waals surface area (Å²) in [5.74, 6) is -0.312. The molecule has 0 rings (SSSR count). The second-order valence-corrected chi connectivity index (χ2v) is 1.57. The van der Waals surface area contributed by atoms with E-state index in [2.05, 4.69) is 5.32 Å². The summed E-state index contributed by atoms with van der Waals surface area (Å²) in [5.41, 5.74) is 0. The molecule has 3 heteroatoms. The maximum absolute atomic E-state index is 10.4. The molecular weight excluding hydrogens is 130 g/mol. The Labute approximate surface area is 63.4 Å². The summed E-state index contributed by atoms with van der Waals surface area (Å²) in [5, 5.41) is 11.0. The molecule has 0 aromatic rings. The van der Waals surface area contributed by atoms with E-state index in [1.165, 1.54) is 6.92 Å². The molecule has 0 saturated carbocycles. The monoisotopic (exact) mass is 149 g/mol. The van der Waals surface area contributed by atoms with E-state index in [0.717, 1.165) is 0 Å². The predicted octanol–water partition coefficient (Wildman–Crippen LogP) is 0.775. The van der Waals surface area contributed by atoms with Crippen LogP contribution in [0.25, 0.3) is 0 Å². The Hall–Kier alpha value is -0.570. The second kappa shape index (κ2) is 8.43. The lowest BCUT2D eigenvalue weighted by Gasteiger charge is -2.01. The van der Waals surface area contributed by atoms with Gasteiger partial charge in [-0.3, -0.25) is 4.79 Å². The van der Waals surface area contributed by atoms with Crippen molar-refractivity contribution in [2.45, 2.75) is 34.8 Å². The SMILES string of the molecule is C.C.CCNC(=O)C(C)O. The number of nitrogens with one attached hydrogen (secondary N) is 1. The van der Waals surface area contributed by atoms with Crippen LogP contribution in [0.4, 0.5) is 0 Å². The van der Waals surface area contributed by atoms with E-state index in [4.69, 9.17) is 5.11 Å². The highest BCUT2D eigenvalue weighted by atomic mass is 16.3. The highest BCUT2D eigenvalue weighted by molar-refractivity contribution is 5.79. The molecular formula is C7H19NO2. The average molecular weight is 149 g/mol. The number of carbonyl (C=O) groups excluding carboxylic acids is 1. The standard InChI is InChI=1S/C5H11NO2.2CH4/c1-3-6-5(8)4(2)7;;/h4,7H,3H2,1-2H3,(H,6,8);2*1H4. The van der Waals surface area contributed by atoms with Gasteiger partial charge in [0, 0.05) is 6.54 Å². The molecule has 0 aliphatic rings. The van der Waals surface area contributed by atoms with Gasteiger partial charge in [-0.25, -0.2) is 0 Å². The molecule has 0 radical (unpaired) electrons. The summed E-state index contributed by atoms with van der Waals surface area (Å²) in [6, 6.07) is 0. The Kier molecular flexibility index (Phi) is 13.7. The molecule has 10 heavy (non-hydrogen) atoms. The summed E-state index contributed by atoms with van der Waals surface area (Å²) in [4.78, 5) is 10.4. The minimum atomic E-state index is -0.880. The van der Waals surface area contributed by atoms with Crippen LogP contribution in [0.15, 0.2) is 0 Å². The van der Waals surface area contributed by atoms with Gasteiger partial charge in [0.1, 0.15) is 6.10 Å². The van der Waals surface area contributed by atoms with Gasteiger partial charge in [0.2, 0.25) is 5.91 Å². The van der Waals surface area contributed by atoms with Crippen LogP contribution in [-0.4, -0.2) is 23.7 Å². The van der Waals surface area contributed by atoms with Gasteiger partial charge >= 0.3 is 0 Å². The van der Waals surface area contributed by atoms with Crippen molar-refractivity contribution in [2.75, 3.05) is 6.54 Å². The number of hydrogen-bond acceptors (Lipinski definition) is 2. The molecule has 0 aliphatic carbocycles. The van der Waals surface area contributed by atoms with E-state index in [9.17, 15) is 4.79 Å². The lowest BCUT2D eigenvalue weighted by molar-refractivity contribution is -0.128. The third-order valence-corrected chi connectivity index (χ3v) is 0.730. The molecule has 1 atom stereocenters. The first-order valence-corrected chi connectivity index (χ1v) is 2.64. The van der Waals surface area contributed by atoms with Crippen molar-refractivity contribution in [3.8, 4) is 0 Å². The molecule has 0 fully saturated rings. The van der Waals surface area contributed by atoms with Gasteiger partial charge in [0.15, 0.2) is 0 Å². The van der Waals surface area contributed by atoms with E-state index in [1.807, 2.05) is 0 Å². The Bertz CT molecular complexity index is 81.7. The molecule has 1 unspecified atom stereocenters. The van der Waals surface area contributed by atoms with Crippen LogP contribution in [0, 0.1) is 0 Å². The number of hydrogen-bond donors (Lipinski definition) is 2. The van der Waals surface area contributed by atoms with Crippen molar-refractivity contribution in [3.05, 3.63) is 0 Å². The highest BCUT2D eigenvalue weighted by Gasteiger charge is 2.04. The molecule has 1 amide bonds. The van der Waals surface area contributed by atoms with Crippen molar-refractivity contribution in [2.24, 2.45) is 0 Å². The van der Waals surface area contributed by atoms with E-state index < -0.39 is 6.10 Å². The third kappa shape index (κ3) is 7.43. The van der Waals surface area contributed by atoms with Crippen LogP contribution >= 0.6 is 0 Å². The summed E-state index contributed by atoms with van der Waals surface area (Å²) in [7, 11) is 0. The minimum Gasteiger partial charge on any atom is -0.384 e. The Morgan fingerprint density at radius 1 is 1.60 bits per heavy atom. The van der Waals surface area contributed by atoms with Gasteiger partial charge in [-0.1, -0.05) is 14.9 Å². The first kappa shape index (κ1) is 16.2. The van der Waals surface area contributed by atoms with Crippen LogP contribution < -0.4 is 5.32 Å². The molecule has 3 nitrogen and oxygen atoms in total. The molecule has 0 aromatic heterocycles. The van der Waals surface area contributed by atoms with Gasteiger partial charge in [0.25, 0.3) is 0 Å². The van der Waals surface area contributed by atoms with Gasteiger partial charge < -0.3 is 10.4 Å². The van der Waals surface area contributed by atoms with Gasteiger partial charge in [-0.2, -0.15) is 0 Å². The quantitative estimate of drug-likeness (QED) is 0.609. The van der Waals surface area contributed by atoms with Gasteiger partial charge in [-0.15, -0.1) is 0 Å². The zero-order valence-electron chi connectivity index (χ0n) is 5.14. The predicted molar refractivity (Wildman–Crippen MR) is 43.8 cm³/mol. The number of amides is 1. The first-order valence-electron chi connectivity index (χ1n) is 2.64. The zero-order valence-corrected chi connectivity index (χ0v) is 5.14. The third-order valence-electron chi connectivity index (χ3n) is 0.730. The van der Waals surface area contributed by atoms with Crippen LogP contribution in [-0.2, 0) is 4.79 Å². The first-order chi connectivity index (χ1) is 3.68. The summed E-state index contributed by atoms with van der Waals surface area (Å²) in [6.45, 7) is 3.81. The van der Waals surface area contributed by atoms with Crippen molar-refractivity contribution in [3.63, 3.8) is 0 Å². The number of aliphatic hydroxyl groups is 1. The van der Waals surface area contributed by atoms with Crippen LogP contribution in [0.3, 0.4) is 0 Å². The molecule has 0 heterocycles. The van der Waals surface area contributed by atoms with E-state index in [0.29, 0.717) is 6.54 Å². The highest BCUT2D eigenvalue weighted by Crippen LogP contribution is 1.76. The largest absolute Gasteiger partial charge is 0.384 e. The molecule has 0 bridgehead atoms. The number of carbonyl (C=O) groups is 1. The second-order valence-electron chi connectivity index (χ2n) is 1.57. The van der Waals surface area contributed by atoms with Gasteiger partial charge in [-0.05, 0) is 13.8 Å². The smallest absolute Gasteiger partial charge is 0.248 e. The Balaban J connectivity index is -0.000000245. The van der Waals surface area contributed by atoms with Crippen molar-refractivity contribution < 1.29 is 9.90 Å².